The van der Waals surface area contributed by atoms with Gasteiger partial charge in [0.05, 0.1) is 12.8 Å². The van der Waals surface area contributed by atoms with Crippen molar-refractivity contribution in [2.45, 2.75) is 20.4 Å². The number of benzene rings is 1. The summed E-state index contributed by atoms with van der Waals surface area (Å²) in [6.07, 6.45) is 1.49. The molecule has 9 nitrogen and oxygen atoms in total. The molecular weight excluding hydrogens is 388 g/mol. The second-order valence-corrected chi connectivity index (χ2v) is 6.52. The maximum atomic E-state index is 12.4. The molecule has 0 atom stereocenters. The molecule has 0 bridgehead atoms. The number of furan rings is 1. The van der Waals surface area contributed by atoms with Gasteiger partial charge in [0.25, 0.3) is 11.8 Å². The lowest BCUT2D eigenvalue weighted by Crippen LogP contribution is -2.41. The number of hydrogen-bond donors (Lipinski definition) is 3. The predicted octanol–water partition coefficient (Wildman–Crippen LogP) is 2.49. The van der Waals surface area contributed by atoms with E-state index in [0.29, 0.717) is 17.1 Å². The Morgan fingerprint density at radius 1 is 1.00 bits per heavy atom. The van der Waals surface area contributed by atoms with E-state index in [9.17, 15) is 14.4 Å². The van der Waals surface area contributed by atoms with Crippen LogP contribution in [0, 0.1) is 13.8 Å². The molecule has 4 amide bonds. The van der Waals surface area contributed by atoms with Gasteiger partial charge in [-0.3, -0.25) is 25.0 Å². The molecule has 9 heteroatoms. The van der Waals surface area contributed by atoms with Crippen LogP contribution in [0.2, 0.25) is 0 Å². The Bertz CT molecular complexity index is 1000. The highest BCUT2D eigenvalue weighted by molar-refractivity contribution is 6.00. The van der Waals surface area contributed by atoms with Crippen LogP contribution in [0.4, 0.5) is 4.79 Å². The number of carbonyl (C=O) groups is 3. The molecule has 1 aromatic carbocycles. The number of imide groups is 1. The minimum absolute atomic E-state index is 0.165. The zero-order chi connectivity index (χ0) is 21.5. The highest BCUT2D eigenvalue weighted by Gasteiger charge is 2.11. The number of carbonyl (C=O) groups excluding carboxylic acids is 3. The zero-order valence-electron chi connectivity index (χ0n) is 16.6. The number of ether oxygens (including phenoxy) is 1. The largest absolute Gasteiger partial charge is 0.484 e. The van der Waals surface area contributed by atoms with E-state index in [0.717, 1.165) is 11.4 Å². The van der Waals surface area contributed by atoms with Gasteiger partial charge in [0, 0.05) is 17.0 Å². The van der Waals surface area contributed by atoms with Crippen molar-refractivity contribution in [3.05, 3.63) is 77.5 Å². The molecule has 2 aromatic heterocycles. The molecule has 2 heterocycles. The van der Waals surface area contributed by atoms with E-state index < -0.39 is 11.9 Å². The van der Waals surface area contributed by atoms with Gasteiger partial charge in [0.15, 0.2) is 6.61 Å². The van der Waals surface area contributed by atoms with Crippen molar-refractivity contribution in [2.75, 3.05) is 12.0 Å². The van der Waals surface area contributed by atoms with Crippen LogP contribution >= 0.6 is 0 Å². The Morgan fingerprint density at radius 3 is 2.33 bits per heavy atom. The van der Waals surface area contributed by atoms with Crippen LogP contribution < -0.4 is 20.8 Å². The van der Waals surface area contributed by atoms with Crippen molar-refractivity contribution in [3.63, 3.8) is 0 Å². The molecule has 0 fully saturated rings. The average Bonchev–Trinajstić information content (AvgIpc) is 3.36. The fraction of sp³-hybridized carbons (Fsp3) is 0.190. The summed E-state index contributed by atoms with van der Waals surface area (Å²) < 4.78 is 12.1. The number of amides is 4. The molecule has 156 valence electrons. The van der Waals surface area contributed by atoms with Gasteiger partial charge in [0.2, 0.25) is 0 Å². The number of urea groups is 1. The van der Waals surface area contributed by atoms with Crippen LogP contribution in [0.3, 0.4) is 0 Å². The summed E-state index contributed by atoms with van der Waals surface area (Å²) in [4.78, 5) is 35.9. The number of nitrogens with zero attached hydrogens (tertiary/aromatic N) is 1. The second-order valence-electron chi connectivity index (χ2n) is 6.52. The Hall–Kier alpha value is -4.01. The van der Waals surface area contributed by atoms with Crippen molar-refractivity contribution >= 4 is 17.8 Å². The fourth-order valence-corrected chi connectivity index (χ4v) is 2.65. The van der Waals surface area contributed by atoms with E-state index in [4.69, 9.17) is 9.15 Å². The highest BCUT2D eigenvalue weighted by atomic mass is 16.5. The van der Waals surface area contributed by atoms with Crippen molar-refractivity contribution in [3.8, 4) is 5.75 Å². The molecule has 0 aliphatic rings. The Balaban J connectivity index is 1.44. The third-order valence-corrected chi connectivity index (χ3v) is 4.23. The minimum Gasteiger partial charge on any atom is -0.484 e. The molecule has 0 aliphatic carbocycles. The lowest BCUT2D eigenvalue weighted by molar-refractivity contribution is -0.122. The van der Waals surface area contributed by atoms with Crippen LogP contribution in [-0.4, -0.2) is 29.1 Å². The molecule has 3 aromatic rings. The van der Waals surface area contributed by atoms with Crippen LogP contribution in [0.1, 0.15) is 27.5 Å². The van der Waals surface area contributed by atoms with E-state index in [1.54, 1.807) is 41.1 Å². The molecule has 0 aliphatic heterocycles. The molecule has 0 radical (unpaired) electrons. The van der Waals surface area contributed by atoms with Crippen LogP contribution in [0.25, 0.3) is 0 Å². The molecular formula is C21H22N4O5. The number of aryl methyl sites for hydroxylation is 2. The van der Waals surface area contributed by atoms with Crippen LogP contribution in [0.5, 0.6) is 5.75 Å². The van der Waals surface area contributed by atoms with E-state index in [2.05, 4.69) is 16.1 Å². The third kappa shape index (κ3) is 5.51. The molecule has 0 saturated carbocycles. The first-order valence-electron chi connectivity index (χ1n) is 9.21. The number of hydrogen-bond acceptors (Lipinski definition) is 5. The van der Waals surface area contributed by atoms with E-state index in [-0.39, 0.29) is 19.1 Å². The van der Waals surface area contributed by atoms with Crippen molar-refractivity contribution in [1.82, 2.24) is 15.3 Å². The maximum Gasteiger partial charge on any atom is 0.321 e. The first-order chi connectivity index (χ1) is 14.4. The van der Waals surface area contributed by atoms with Gasteiger partial charge in [-0.05, 0) is 62.4 Å². The fourth-order valence-electron chi connectivity index (χ4n) is 2.65. The Morgan fingerprint density at radius 2 is 1.70 bits per heavy atom. The third-order valence-electron chi connectivity index (χ3n) is 4.23. The second kappa shape index (κ2) is 9.46. The number of rotatable bonds is 7. The van der Waals surface area contributed by atoms with Crippen molar-refractivity contribution < 1.29 is 23.5 Å². The SMILES string of the molecule is Cc1ccc(C)n1NC(=O)c1ccc(OCC(=O)NC(=O)NCc2ccco2)cc1. The summed E-state index contributed by atoms with van der Waals surface area (Å²) in [6, 6.07) is 12.9. The molecule has 30 heavy (non-hydrogen) atoms. The quantitative estimate of drug-likeness (QED) is 0.554. The summed E-state index contributed by atoms with van der Waals surface area (Å²) in [7, 11) is 0. The lowest BCUT2D eigenvalue weighted by Gasteiger charge is -2.12. The normalized spacial score (nSPS) is 10.3. The summed E-state index contributed by atoms with van der Waals surface area (Å²) in [5, 5.41) is 4.65. The first kappa shape index (κ1) is 20.7. The van der Waals surface area contributed by atoms with Gasteiger partial charge in [-0.15, -0.1) is 0 Å². The summed E-state index contributed by atoms with van der Waals surface area (Å²) in [5.74, 6) is 0.0911. The summed E-state index contributed by atoms with van der Waals surface area (Å²) >= 11 is 0. The number of nitrogens with one attached hydrogen (secondary N) is 3. The Labute approximate surface area is 173 Å². The standard InChI is InChI=1S/C21H22N4O5/c1-14-5-6-15(2)25(14)24-20(27)16-7-9-17(10-8-16)30-13-19(26)23-21(28)22-12-18-4-3-11-29-18/h3-11H,12-13H2,1-2H3,(H,24,27)(H2,22,23,26,28). The van der Waals surface area contributed by atoms with Crippen LogP contribution in [0.15, 0.2) is 59.2 Å². The van der Waals surface area contributed by atoms with Crippen LogP contribution in [-0.2, 0) is 11.3 Å². The van der Waals surface area contributed by atoms with Gasteiger partial charge in [-0.25, -0.2) is 4.79 Å². The molecule has 3 N–H and O–H groups in total. The lowest BCUT2D eigenvalue weighted by atomic mass is 10.2. The average molecular weight is 410 g/mol. The molecule has 0 saturated heterocycles. The topological polar surface area (TPSA) is 115 Å². The zero-order valence-corrected chi connectivity index (χ0v) is 16.6. The monoisotopic (exact) mass is 410 g/mol. The molecule has 0 unspecified atom stereocenters. The van der Waals surface area contributed by atoms with Gasteiger partial charge in [-0.2, -0.15) is 0 Å². The first-order valence-corrected chi connectivity index (χ1v) is 9.21. The molecule has 0 spiro atoms. The van der Waals surface area contributed by atoms with E-state index in [1.807, 2.05) is 26.0 Å². The predicted molar refractivity (Wildman–Crippen MR) is 109 cm³/mol. The van der Waals surface area contributed by atoms with E-state index in [1.165, 1.54) is 6.26 Å². The van der Waals surface area contributed by atoms with Crippen molar-refractivity contribution in [2.24, 2.45) is 0 Å². The van der Waals surface area contributed by atoms with Gasteiger partial charge >= 0.3 is 6.03 Å². The minimum atomic E-state index is -0.650. The van der Waals surface area contributed by atoms with Gasteiger partial charge in [-0.1, -0.05) is 0 Å². The van der Waals surface area contributed by atoms with Gasteiger partial charge < -0.3 is 14.5 Å². The summed E-state index contributed by atoms with van der Waals surface area (Å²) in [6.45, 7) is 3.61. The molecule has 3 rings (SSSR count). The van der Waals surface area contributed by atoms with E-state index >= 15 is 0 Å². The van der Waals surface area contributed by atoms with Crippen molar-refractivity contribution in [1.29, 1.82) is 0 Å². The highest BCUT2D eigenvalue weighted by Crippen LogP contribution is 2.13. The maximum absolute atomic E-state index is 12.4. The number of aromatic nitrogens is 1. The Kier molecular flexibility index (Phi) is 6.53. The van der Waals surface area contributed by atoms with Gasteiger partial charge in [0.1, 0.15) is 11.5 Å². The smallest absolute Gasteiger partial charge is 0.321 e. The summed E-state index contributed by atoms with van der Waals surface area (Å²) in [5.41, 5.74) is 5.08.